The third-order valence-electron chi connectivity index (χ3n) is 13.3. The van der Waals surface area contributed by atoms with Gasteiger partial charge in [0.25, 0.3) is 5.91 Å². The van der Waals surface area contributed by atoms with Gasteiger partial charge in [-0.25, -0.2) is 13.6 Å². The molecule has 0 bridgehead atoms. The van der Waals surface area contributed by atoms with Crippen LogP contribution >= 0.6 is 23.5 Å². The maximum atomic E-state index is 14.2. The van der Waals surface area contributed by atoms with Crippen molar-refractivity contribution in [2.75, 3.05) is 69.3 Å². The van der Waals surface area contributed by atoms with Gasteiger partial charge in [-0.3, -0.25) is 14.4 Å². The first-order valence-electron chi connectivity index (χ1n) is 24.1. The third kappa shape index (κ3) is 12.8. The molecular weight excluding hydrogens is 1030 g/mol. The summed E-state index contributed by atoms with van der Waals surface area (Å²) in [5.74, 6) is 0.364. The first kappa shape index (κ1) is 59.1. The summed E-state index contributed by atoms with van der Waals surface area (Å²) in [6, 6.07) is 21.4. The van der Waals surface area contributed by atoms with Gasteiger partial charge in [-0.15, -0.1) is 23.5 Å². The van der Waals surface area contributed by atoms with Gasteiger partial charge in [0, 0.05) is 29.8 Å². The van der Waals surface area contributed by atoms with Crippen LogP contribution < -0.4 is 44.6 Å². The van der Waals surface area contributed by atoms with Gasteiger partial charge in [0.05, 0.1) is 77.3 Å². The van der Waals surface area contributed by atoms with E-state index in [1.165, 1.54) is 53.7 Å². The molecule has 0 saturated carbocycles. The minimum absolute atomic E-state index is 0.0342. The summed E-state index contributed by atoms with van der Waals surface area (Å²) in [5, 5.41) is 30.0. The molecule has 0 spiro atoms. The number of amides is 1. The molecule has 6 aromatic carbocycles. The van der Waals surface area contributed by atoms with Gasteiger partial charge < -0.3 is 54.0 Å². The first-order chi connectivity index (χ1) is 37.0. The molecule has 0 radical (unpaired) electrons. The Hall–Kier alpha value is -7.16. The summed E-state index contributed by atoms with van der Waals surface area (Å²) in [4.78, 5) is 52.6. The van der Waals surface area contributed by atoms with E-state index in [0.29, 0.717) is 63.4 Å². The van der Waals surface area contributed by atoms with E-state index >= 15 is 0 Å². The molecular formula is C58H62F2N2O13S2. The lowest BCUT2D eigenvalue weighted by molar-refractivity contribution is 0.0693. The van der Waals surface area contributed by atoms with Gasteiger partial charge in [-0.2, -0.15) is 0 Å². The lowest BCUT2D eigenvalue weighted by atomic mass is 9.95. The predicted molar refractivity (Wildman–Crippen MR) is 294 cm³/mol. The Morgan fingerprint density at radius 3 is 1.48 bits per heavy atom. The Balaban J connectivity index is 0.000000213. The largest absolute Gasteiger partial charge is 0.493 e. The van der Waals surface area contributed by atoms with E-state index in [0.717, 1.165) is 74.9 Å². The van der Waals surface area contributed by atoms with E-state index in [1.54, 1.807) is 60.8 Å². The maximum absolute atomic E-state index is 14.2. The number of aliphatic hydroxyl groups is 2. The van der Waals surface area contributed by atoms with Crippen LogP contribution in [-0.4, -0.2) is 101 Å². The number of aromatic carboxylic acids is 1. The number of carbonyl (C=O) groups is 2. The average Bonchev–Trinajstić information content (AvgIpc) is 3.85. The number of aryl methyl sites for hydroxylation is 2. The zero-order valence-electron chi connectivity index (χ0n) is 44.4. The maximum Gasteiger partial charge on any atom is 0.335 e. The van der Waals surface area contributed by atoms with Crippen molar-refractivity contribution >= 4 is 35.4 Å². The molecule has 2 aliphatic rings. The quantitative estimate of drug-likeness (QED) is 0.0751. The number of thioether (sulfide) groups is 2. The summed E-state index contributed by atoms with van der Waals surface area (Å²) < 4.78 is 60.7. The molecule has 2 atom stereocenters. The van der Waals surface area contributed by atoms with Crippen LogP contribution in [0.25, 0.3) is 22.3 Å². The molecule has 2 aliphatic carbocycles. The molecule has 0 heterocycles. The highest BCUT2D eigenvalue weighted by Crippen LogP contribution is 2.52. The molecule has 77 heavy (non-hydrogen) atoms. The number of ether oxygens (including phenoxy) is 6. The average molecular weight is 1100 g/mol. The van der Waals surface area contributed by atoms with Gasteiger partial charge in [0.2, 0.25) is 11.5 Å². The number of rotatable bonds is 14. The fraction of sp³-hybridized carbons (Fsp3) is 0.310. The number of carboxylic acid groups (broad SMARTS) is 1. The van der Waals surface area contributed by atoms with Crippen molar-refractivity contribution in [3.8, 4) is 56.8 Å². The lowest BCUT2D eigenvalue weighted by Crippen LogP contribution is -2.32. The highest BCUT2D eigenvalue weighted by atomic mass is 32.2. The molecule has 0 unspecified atom stereocenters. The minimum Gasteiger partial charge on any atom is -0.493 e. The SMILES string of the molecule is CN[C@H]1CCc2cc(OC)c(OC)c(OC)c2-c2ccc(SC)c(=O)cc21.COc1cc2c(c(OC)c1OC)-c1ccc(SC)c(=O)cc1[C@@H](N(C)C(=O)c1cc(F)cc(CO)c1)CC2.O=C(O)c1cc(F)cc(CO)c1. The second kappa shape index (κ2) is 26.7. The number of benzene rings is 4. The Kier molecular flexibility index (Phi) is 20.5. The van der Waals surface area contributed by atoms with E-state index in [9.17, 15) is 33.1 Å². The van der Waals surface area contributed by atoms with Crippen LogP contribution in [0.3, 0.4) is 0 Å². The van der Waals surface area contributed by atoms with Crippen molar-refractivity contribution in [1.29, 1.82) is 0 Å². The number of halogens is 2. The number of hydrogen-bond donors (Lipinski definition) is 4. The molecule has 408 valence electrons. The highest BCUT2D eigenvalue weighted by Gasteiger charge is 2.33. The number of aliphatic hydroxyl groups excluding tert-OH is 2. The lowest BCUT2D eigenvalue weighted by Gasteiger charge is -2.28. The number of carboxylic acids is 1. The molecule has 0 saturated heterocycles. The number of hydrogen-bond acceptors (Lipinski definition) is 15. The second-order valence-corrected chi connectivity index (χ2v) is 19.3. The predicted octanol–water partition coefficient (Wildman–Crippen LogP) is 9.54. The fourth-order valence-corrected chi connectivity index (χ4v) is 10.6. The van der Waals surface area contributed by atoms with Crippen LogP contribution in [0.4, 0.5) is 8.78 Å². The molecule has 1 amide bonds. The number of carbonyl (C=O) groups excluding carboxylic acids is 1. The Bertz CT molecular complexity index is 3290. The number of nitrogens with one attached hydrogen (secondary N) is 1. The zero-order chi connectivity index (χ0) is 56.2. The molecule has 0 fully saturated rings. The van der Waals surface area contributed by atoms with Gasteiger partial charge >= 0.3 is 5.97 Å². The third-order valence-corrected chi connectivity index (χ3v) is 14.9. The molecule has 4 N–H and O–H groups in total. The minimum atomic E-state index is -1.20. The van der Waals surface area contributed by atoms with E-state index in [-0.39, 0.29) is 46.8 Å². The molecule has 15 nitrogen and oxygen atoms in total. The Morgan fingerprint density at radius 2 is 1.05 bits per heavy atom. The second-order valence-electron chi connectivity index (χ2n) is 17.6. The zero-order valence-corrected chi connectivity index (χ0v) is 46.1. The van der Waals surface area contributed by atoms with Gasteiger partial charge in [-0.1, -0.05) is 12.1 Å². The molecule has 19 heteroatoms. The summed E-state index contributed by atoms with van der Waals surface area (Å²) in [6.07, 6.45) is 6.48. The summed E-state index contributed by atoms with van der Waals surface area (Å²) >= 11 is 2.80. The van der Waals surface area contributed by atoms with Crippen molar-refractivity contribution in [3.05, 3.63) is 162 Å². The normalized spacial score (nSPS) is 13.9. The summed E-state index contributed by atoms with van der Waals surface area (Å²) in [7, 11) is 13.1. The van der Waals surface area contributed by atoms with Crippen molar-refractivity contribution in [2.45, 2.75) is 60.8 Å². The fourth-order valence-electron chi connectivity index (χ4n) is 9.69. The first-order valence-corrected chi connectivity index (χ1v) is 26.5. The van der Waals surface area contributed by atoms with E-state index in [1.807, 2.05) is 49.9 Å². The van der Waals surface area contributed by atoms with Crippen molar-refractivity contribution in [2.24, 2.45) is 0 Å². The standard InChI is InChI=1S/C29H30FNO6S.C21H25NO4S.C8H7FO3/c1-31(29(34)18-10-16(15-32)11-19(30)12-18)22-8-6-17-13-24(35-2)27(36-3)28(37-4)26(17)20-7-9-25(38-5)23(33)14-21(20)22;1-22-15-8-6-12-10-17(24-2)20(25-3)21(26-4)19(12)13-7-9-18(27-5)16(23)11-14(13)15;9-7-2-5(4-10)1-6(3-7)8(11)12/h7,9-14,22,32H,6,8,15H2,1-5H3;7,9-11,15,22H,6,8H2,1-5H3;1-3,10H,4H2,(H,11,12)/t22-;15-;/m00./s1. The van der Waals surface area contributed by atoms with E-state index in [2.05, 4.69) is 5.32 Å². The number of fused-ring (bicyclic) bond motifs is 6. The van der Waals surface area contributed by atoms with Crippen LogP contribution in [0, 0.1) is 11.6 Å². The van der Waals surface area contributed by atoms with E-state index < -0.39 is 29.6 Å². The molecule has 0 aromatic heterocycles. The monoisotopic (exact) mass is 1100 g/mol. The Morgan fingerprint density at radius 1 is 0.610 bits per heavy atom. The van der Waals surface area contributed by atoms with Gasteiger partial charge in [0.1, 0.15) is 11.6 Å². The topological polar surface area (TPSA) is 200 Å². The number of nitrogens with zero attached hydrogens (tertiary/aromatic N) is 1. The van der Waals surface area contributed by atoms with Crippen molar-refractivity contribution in [3.63, 3.8) is 0 Å². The molecule has 6 aromatic rings. The van der Waals surface area contributed by atoms with Crippen molar-refractivity contribution < 1.29 is 62.1 Å². The van der Waals surface area contributed by atoms with Crippen LogP contribution in [0.2, 0.25) is 0 Å². The van der Waals surface area contributed by atoms with Crippen molar-refractivity contribution in [1.82, 2.24) is 10.2 Å². The van der Waals surface area contributed by atoms with Crippen LogP contribution in [0.15, 0.2) is 104 Å². The van der Waals surface area contributed by atoms with Crippen LogP contribution in [0.1, 0.15) is 79.0 Å². The molecule has 0 aliphatic heterocycles. The van der Waals surface area contributed by atoms with Crippen LogP contribution in [-0.2, 0) is 26.1 Å². The van der Waals surface area contributed by atoms with Gasteiger partial charge in [-0.05, 0) is 163 Å². The smallest absolute Gasteiger partial charge is 0.335 e. The number of methoxy groups -OCH3 is 6. The Labute approximate surface area is 454 Å². The van der Waals surface area contributed by atoms with Gasteiger partial charge in [0.15, 0.2) is 33.9 Å². The summed E-state index contributed by atoms with van der Waals surface area (Å²) in [5.41, 5.74) is 7.50. The van der Waals surface area contributed by atoms with E-state index in [4.69, 9.17) is 38.6 Å². The summed E-state index contributed by atoms with van der Waals surface area (Å²) in [6.45, 7) is -0.752. The highest BCUT2D eigenvalue weighted by molar-refractivity contribution is 7.98. The molecule has 8 rings (SSSR count). The van der Waals surface area contributed by atoms with Crippen LogP contribution in [0.5, 0.6) is 34.5 Å².